The van der Waals surface area contributed by atoms with E-state index in [2.05, 4.69) is 10.0 Å². The van der Waals surface area contributed by atoms with Crippen LogP contribution in [-0.2, 0) is 16.6 Å². The zero-order valence-corrected chi connectivity index (χ0v) is 16.6. The molecule has 0 unspecified atom stereocenters. The smallest absolute Gasteiger partial charge is 0.251 e. The van der Waals surface area contributed by atoms with Gasteiger partial charge in [0.05, 0.1) is 11.9 Å². The maximum Gasteiger partial charge on any atom is 0.251 e. The molecular formula is C19H25N3O3S. The number of benzene rings is 2. The van der Waals surface area contributed by atoms with Crippen LogP contribution in [-0.4, -0.2) is 34.7 Å². The quantitative estimate of drug-likeness (QED) is 0.814. The van der Waals surface area contributed by atoms with Gasteiger partial charge in [0.15, 0.2) is 0 Å². The van der Waals surface area contributed by atoms with Gasteiger partial charge in [0.25, 0.3) is 5.91 Å². The molecule has 140 valence electrons. The lowest BCUT2D eigenvalue weighted by Crippen LogP contribution is -2.23. The zero-order chi connectivity index (χ0) is 19.5. The topological polar surface area (TPSA) is 78.5 Å². The Kier molecular flexibility index (Phi) is 5.92. The summed E-state index contributed by atoms with van der Waals surface area (Å²) in [5, 5.41) is 2.87. The first-order valence-corrected chi connectivity index (χ1v) is 10.1. The Morgan fingerprint density at radius 2 is 1.73 bits per heavy atom. The Labute approximate surface area is 155 Å². The summed E-state index contributed by atoms with van der Waals surface area (Å²) in [4.78, 5) is 14.5. The summed E-state index contributed by atoms with van der Waals surface area (Å²) in [5.41, 5.74) is 4.84. The Balaban J connectivity index is 2.11. The second kappa shape index (κ2) is 7.78. The molecule has 0 aliphatic rings. The van der Waals surface area contributed by atoms with Crippen LogP contribution < -0.4 is 14.9 Å². The minimum atomic E-state index is -3.40. The van der Waals surface area contributed by atoms with Crippen LogP contribution in [0.4, 0.5) is 11.4 Å². The molecule has 7 heteroatoms. The van der Waals surface area contributed by atoms with Crippen molar-refractivity contribution in [3.63, 3.8) is 0 Å². The van der Waals surface area contributed by atoms with Gasteiger partial charge in [0, 0.05) is 31.9 Å². The number of amides is 1. The predicted molar refractivity (Wildman–Crippen MR) is 106 cm³/mol. The number of nitrogens with one attached hydrogen (secondary N) is 2. The summed E-state index contributed by atoms with van der Waals surface area (Å²) in [6.45, 7) is 4.21. The van der Waals surface area contributed by atoms with E-state index in [0.29, 0.717) is 17.8 Å². The van der Waals surface area contributed by atoms with Crippen LogP contribution in [0.15, 0.2) is 36.4 Å². The summed E-state index contributed by atoms with van der Waals surface area (Å²) in [6.07, 6.45) is 1.08. The minimum Gasteiger partial charge on any atom is -0.377 e. The molecule has 0 saturated carbocycles. The normalized spacial score (nSPS) is 11.1. The molecule has 0 bridgehead atoms. The van der Waals surface area contributed by atoms with E-state index in [0.717, 1.165) is 28.6 Å². The summed E-state index contributed by atoms with van der Waals surface area (Å²) in [7, 11) is 0.580. The maximum absolute atomic E-state index is 12.4. The van der Waals surface area contributed by atoms with Gasteiger partial charge in [-0.25, -0.2) is 8.42 Å². The fourth-order valence-electron chi connectivity index (χ4n) is 2.69. The number of sulfonamides is 1. The van der Waals surface area contributed by atoms with Gasteiger partial charge in [0.1, 0.15) is 0 Å². The summed E-state index contributed by atoms with van der Waals surface area (Å²) in [5.74, 6) is -0.254. The van der Waals surface area contributed by atoms with Gasteiger partial charge in [0.2, 0.25) is 10.0 Å². The molecule has 2 N–H and O–H groups in total. The average Bonchev–Trinajstić information content (AvgIpc) is 2.53. The molecule has 1 amide bonds. The van der Waals surface area contributed by atoms with Crippen molar-refractivity contribution in [2.24, 2.45) is 0 Å². The highest BCUT2D eigenvalue weighted by molar-refractivity contribution is 7.92. The van der Waals surface area contributed by atoms with Crippen molar-refractivity contribution in [2.75, 3.05) is 30.0 Å². The number of anilines is 2. The van der Waals surface area contributed by atoms with Crippen molar-refractivity contribution in [1.82, 2.24) is 5.32 Å². The Morgan fingerprint density at radius 3 is 2.31 bits per heavy atom. The molecule has 0 saturated heterocycles. The van der Waals surface area contributed by atoms with E-state index in [1.54, 1.807) is 25.1 Å². The number of hydrogen-bond donors (Lipinski definition) is 2. The number of carbonyl (C=O) groups is 1. The molecule has 0 radical (unpaired) electrons. The monoisotopic (exact) mass is 375 g/mol. The van der Waals surface area contributed by atoms with Crippen LogP contribution in [0.5, 0.6) is 0 Å². The van der Waals surface area contributed by atoms with Crippen LogP contribution in [0, 0.1) is 13.8 Å². The molecule has 0 spiro atoms. The second-order valence-electron chi connectivity index (χ2n) is 6.60. The minimum absolute atomic E-state index is 0.254. The molecule has 0 fully saturated rings. The largest absolute Gasteiger partial charge is 0.377 e. The molecule has 26 heavy (non-hydrogen) atoms. The third-order valence-electron chi connectivity index (χ3n) is 3.99. The molecule has 2 aromatic rings. The Bertz CT molecular complexity index is 922. The molecule has 2 rings (SSSR count). The van der Waals surface area contributed by atoms with Gasteiger partial charge in [-0.1, -0.05) is 18.2 Å². The highest BCUT2D eigenvalue weighted by atomic mass is 32.2. The SMILES string of the molecule is Cc1ccc(C(=O)NCc2ccc(N(C)C)c(C)c2)cc1NS(C)(=O)=O. The van der Waals surface area contributed by atoms with Crippen molar-refractivity contribution in [1.29, 1.82) is 0 Å². The van der Waals surface area contributed by atoms with Crippen LogP contribution in [0.25, 0.3) is 0 Å². The predicted octanol–water partition coefficient (Wildman–Crippen LogP) is 2.67. The molecule has 0 aliphatic carbocycles. The van der Waals surface area contributed by atoms with Crippen molar-refractivity contribution in [2.45, 2.75) is 20.4 Å². The average molecular weight is 375 g/mol. The molecule has 0 aliphatic heterocycles. The Hall–Kier alpha value is -2.54. The van der Waals surface area contributed by atoms with Crippen LogP contribution >= 0.6 is 0 Å². The van der Waals surface area contributed by atoms with Gasteiger partial charge in [-0.3, -0.25) is 9.52 Å². The van der Waals surface area contributed by atoms with Gasteiger partial charge in [-0.2, -0.15) is 0 Å². The molecular weight excluding hydrogens is 350 g/mol. The van der Waals surface area contributed by atoms with E-state index in [4.69, 9.17) is 0 Å². The molecule has 0 atom stereocenters. The van der Waals surface area contributed by atoms with Crippen molar-refractivity contribution in [3.8, 4) is 0 Å². The Morgan fingerprint density at radius 1 is 1.04 bits per heavy atom. The molecule has 2 aromatic carbocycles. The highest BCUT2D eigenvalue weighted by Crippen LogP contribution is 2.20. The van der Waals surface area contributed by atoms with Crippen molar-refractivity contribution < 1.29 is 13.2 Å². The molecule has 0 heterocycles. The number of carbonyl (C=O) groups excluding carboxylic acids is 1. The standard InChI is InChI=1S/C19H25N3O3S/c1-13-6-8-16(11-17(13)21-26(5,24)25)19(23)20-12-15-7-9-18(22(3)4)14(2)10-15/h6-11,21H,12H2,1-5H3,(H,20,23). The van der Waals surface area contributed by atoms with Gasteiger partial charge >= 0.3 is 0 Å². The summed E-state index contributed by atoms with van der Waals surface area (Å²) >= 11 is 0. The fraction of sp³-hybridized carbons (Fsp3) is 0.316. The van der Waals surface area contributed by atoms with E-state index in [9.17, 15) is 13.2 Å². The molecule has 6 nitrogen and oxygen atoms in total. The fourth-order valence-corrected chi connectivity index (χ4v) is 3.31. The second-order valence-corrected chi connectivity index (χ2v) is 8.35. The first-order valence-electron chi connectivity index (χ1n) is 8.20. The van der Waals surface area contributed by atoms with Crippen LogP contribution in [0.2, 0.25) is 0 Å². The summed E-state index contributed by atoms with van der Waals surface area (Å²) in [6, 6.07) is 11.0. The van der Waals surface area contributed by atoms with E-state index >= 15 is 0 Å². The van der Waals surface area contributed by atoms with Gasteiger partial charge in [-0.05, 0) is 48.7 Å². The van der Waals surface area contributed by atoms with Crippen molar-refractivity contribution >= 4 is 27.3 Å². The first kappa shape index (κ1) is 19.8. The van der Waals surface area contributed by atoms with Crippen LogP contribution in [0.3, 0.4) is 0 Å². The molecule has 0 aromatic heterocycles. The lowest BCUT2D eigenvalue weighted by Gasteiger charge is -2.16. The maximum atomic E-state index is 12.4. The highest BCUT2D eigenvalue weighted by Gasteiger charge is 2.11. The van der Waals surface area contributed by atoms with Gasteiger partial charge in [-0.15, -0.1) is 0 Å². The summed E-state index contributed by atoms with van der Waals surface area (Å²) < 4.78 is 25.3. The van der Waals surface area contributed by atoms with Crippen LogP contribution in [0.1, 0.15) is 27.0 Å². The van der Waals surface area contributed by atoms with E-state index in [1.807, 2.05) is 44.1 Å². The van der Waals surface area contributed by atoms with E-state index < -0.39 is 10.0 Å². The first-order chi connectivity index (χ1) is 12.1. The lowest BCUT2D eigenvalue weighted by atomic mass is 10.1. The van der Waals surface area contributed by atoms with E-state index in [1.165, 1.54) is 0 Å². The number of aryl methyl sites for hydroxylation is 2. The van der Waals surface area contributed by atoms with Crippen molar-refractivity contribution in [3.05, 3.63) is 58.7 Å². The number of rotatable bonds is 6. The lowest BCUT2D eigenvalue weighted by molar-refractivity contribution is 0.0951. The third kappa shape index (κ3) is 5.23. The third-order valence-corrected chi connectivity index (χ3v) is 4.58. The zero-order valence-electron chi connectivity index (χ0n) is 15.8. The van der Waals surface area contributed by atoms with Gasteiger partial charge < -0.3 is 10.2 Å². The van der Waals surface area contributed by atoms with E-state index in [-0.39, 0.29) is 5.91 Å². The number of hydrogen-bond acceptors (Lipinski definition) is 4. The number of nitrogens with zero attached hydrogens (tertiary/aromatic N) is 1.